The summed E-state index contributed by atoms with van der Waals surface area (Å²) in [5.74, 6) is -0.695. The van der Waals surface area contributed by atoms with Crippen molar-refractivity contribution in [3.63, 3.8) is 0 Å². The van der Waals surface area contributed by atoms with Gasteiger partial charge in [0.2, 0.25) is 5.91 Å². The highest BCUT2D eigenvalue weighted by Crippen LogP contribution is 2.22. The van der Waals surface area contributed by atoms with Crippen LogP contribution in [0.25, 0.3) is 0 Å². The van der Waals surface area contributed by atoms with Gasteiger partial charge < -0.3 is 14.5 Å². The summed E-state index contributed by atoms with van der Waals surface area (Å²) in [5, 5.41) is 0. The van der Waals surface area contributed by atoms with Gasteiger partial charge in [0.25, 0.3) is 17.7 Å². The zero-order chi connectivity index (χ0) is 22.7. The normalized spacial score (nSPS) is 16.1. The number of nitrogens with zero attached hydrogens (tertiary/aromatic N) is 3. The number of ether oxygens (including phenoxy) is 1. The minimum atomic E-state index is -0.446. The van der Waals surface area contributed by atoms with Crippen molar-refractivity contribution >= 4 is 23.6 Å². The smallest absolute Gasteiger partial charge is 0.262 e. The first-order valence-corrected chi connectivity index (χ1v) is 10.6. The quantitative estimate of drug-likeness (QED) is 0.668. The van der Waals surface area contributed by atoms with Crippen LogP contribution in [0.15, 0.2) is 48.5 Å². The Morgan fingerprint density at radius 2 is 1.38 bits per heavy atom. The molecule has 0 radical (unpaired) electrons. The zero-order valence-electron chi connectivity index (χ0n) is 18.0. The van der Waals surface area contributed by atoms with Crippen molar-refractivity contribution in [2.24, 2.45) is 0 Å². The summed E-state index contributed by atoms with van der Waals surface area (Å²) in [6.45, 7) is 3.33. The fourth-order valence-electron chi connectivity index (χ4n) is 3.91. The molecule has 0 unspecified atom stereocenters. The lowest BCUT2D eigenvalue weighted by molar-refractivity contribution is -0.134. The molecule has 0 N–H and O–H groups in total. The number of imide groups is 1. The van der Waals surface area contributed by atoms with Gasteiger partial charge in [-0.25, -0.2) is 0 Å². The highest BCUT2D eigenvalue weighted by molar-refractivity contribution is 6.22. The lowest BCUT2D eigenvalue weighted by Gasteiger charge is -2.24. The van der Waals surface area contributed by atoms with Crippen LogP contribution in [0.3, 0.4) is 0 Å². The van der Waals surface area contributed by atoms with Crippen LogP contribution in [0.4, 0.5) is 0 Å². The Hall–Kier alpha value is -3.68. The van der Waals surface area contributed by atoms with E-state index >= 15 is 0 Å². The van der Waals surface area contributed by atoms with Gasteiger partial charge in [-0.15, -0.1) is 0 Å². The summed E-state index contributed by atoms with van der Waals surface area (Å²) in [7, 11) is 0. The minimum Gasteiger partial charge on any atom is -0.484 e. The second-order valence-electron chi connectivity index (χ2n) is 7.96. The molecule has 4 amide bonds. The number of aryl methyl sites for hydroxylation is 1. The second kappa shape index (κ2) is 9.21. The summed E-state index contributed by atoms with van der Waals surface area (Å²) in [6.07, 6.45) is 0.615. The topological polar surface area (TPSA) is 87.2 Å². The molecule has 0 aliphatic carbocycles. The Balaban J connectivity index is 1.30. The lowest BCUT2D eigenvalue weighted by atomic mass is 10.1. The standard InChI is InChI=1S/C24H25N3O5/c1-17-7-9-18(10-8-17)32-16-22(29)26-12-4-11-25(13-14-26)21(28)15-27-23(30)19-5-2-3-6-20(19)24(27)31/h2-3,5-10H,4,11-16H2,1H3. The summed E-state index contributed by atoms with van der Waals surface area (Å²) in [4.78, 5) is 54.7. The fourth-order valence-corrected chi connectivity index (χ4v) is 3.91. The molecule has 0 aromatic heterocycles. The van der Waals surface area contributed by atoms with Gasteiger partial charge in [0.1, 0.15) is 12.3 Å². The molecule has 1 saturated heterocycles. The van der Waals surface area contributed by atoms with Gasteiger partial charge in [0.05, 0.1) is 11.1 Å². The lowest BCUT2D eigenvalue weighted by Crippen LogP contribution is -2.44. The molecule has 0 saturated carbocycles. The number of hydrogen-bond acceptors (Lipinski definition) is 5. The van der Waals surface area contributed by atoms with Crippen LogP contribution in [0.2, 0.25) is 0 Å². The number of amides is 4. The number of carbonyl (C=O) groups is 4. The third kappa shape index (κ3) is 4.49. The number of rotatable bonds is 5. The predicted molar refractivity (Wildman–Crippen MR) is 116 cm³/mol. The van der Waals surface area contributed by atoms with Crippen molar-refractivity contribution < 1.29 is 23.9 Å². The van der Waals surface area contributed by atoms with Crippen molar-refractivity contribution in [1.82, 2.24) is 14.7 Å². The van der Waals surface area contributed by atoms with Crippen LogP contribution in [0.1, 0.15) is 32.7 Å². The summed E-state index contributed by atoms with van der Waals surface area (Å²) in [5.41, 5.74) is 1.76. The number of fused-ring (bicyclic) bond motifs is 1. The molecular weight excluding hydrogens is 410 g/mol. The number of benzene rings is 2. The van der Waals surface area contributed by atoms with E-state index in [2.05, 4.69) is 0 Å². The van der Waals surface area contributed by atoms with Crippen molar-refractivity contribution in [3.05, 3.63) is 65.2 Å². The molecule has 1 fully saturated rings. The molecule has 0 atom stereocenters. The molecular formula is C24H25N3O5. The van der Waals surface area contributed by atoms with Gasteiger partial charge in [0, 0.05) is 26.2 Å². The summed E-state index contributed by atoms with van der Waals surface area (Å²) >= 11 is 0. The van der Waals surface area contributed by atoms with Crippen LogP contribution in [-0.4, -0.2) is 77.7 Å². The van der Waals surface area contributed by atoms with E-state index in [1.54, 1.807) is 34.1 Å². The Labute approximate surface area is 186 Å². The minimum absolute atomic E-state index is 0.0634. The Morgan fingerprint density at radius 1 is 0.812 bits per heavy atom. The molecule has 2 heterocycles. The van der Waals surface area contributed by atoms with Crippen LogP contribution in [0.5, 0.6) is 5.75 Å². The molecule has 32 heavy (non-hydrogen) atoms. The van der Waals surface area contributed by atoms with Crippen LogP contribution in [-0.2, 0) is 9.59 Å². The van der Waals surface area contributed by atoms with Gasteiger partial charge in [-0.3, -0.25) is 24.1 Å². The molecule has 8 nitrogen and oxygen atoms in total. The second-order valence-corrected chi connectivity index (χ2v) is 7.96. The molecule has 2 aliphatic heterocycles. The highest BCUT2D eigenvalue weighted by atomic mass is 16.5. The zero-order valence-corrected chi connectivity index (χ0v) is 18.0. The molecule has 2 aliphatic rings. The SMILES string of the molecule is Cc1ccc(OCC(=O)N2CCCN(C(=O)CN3C(=O)c4ccccc4C3=O)CC2)cc1. The highest BCUT2D eigenvalue weighted by Gasteiger charge is 2.37. The predicted octanol–water partition coefficient (Wildman–Crippen LogP) is 1.73. The Morgan fingerprint density at radius 3 is 1.97 bits per heavy atom. The summed E-state index contributed by atoms with van der Waals surface area (Å²) < 4.78 is 5.58. The largest absolute Gasteiger partial charge is 0.484 e. The van der Waals surface area contributed by atoms with E-state index in [1.807, 2.05) is 31.2 Å². The van der Waals surface area contributed by atoms with E-state index in [9.17, 15) is 19.2 Å². The van der Waals surface area contributed by atoms with E-state index < -0.39 is 11.8 Å². The Bertz CT molecular complexity index is 1010. The maximum absolute atomic E-state index is 12.8. The van der Waals surface area contributed by atoms with E-state index in [-0.39, 0.29) is 25.0 Å². The first kappa shape index (κ1) is 21.5. The van der Waals surface area contributed by atoms with Gasteiger partial charge in [0.15, 0.2) is 6.61 Å². The van der Waals surface area contributed by atoms with Crippen LogP contribution >= 0.6 is 0 Å². The Kier molecular flexibility index (Phi) is 6.20. The molecule has 8 heteroatoms. The van der Waals surface area contributed by atoms with Crippen molar-refractivity contribution in [2.45, 2.75) is 13.3 Å². The monoisotopic (exact) mass is 435 g/mol. The third-order valence-corrected chi connectivity index (χ3v) is 5.76. The fraction of sp³-hybridized carbons (Fsp3) is 0.333. The maximum atomic E-state index is 12.8. The molecule has 2 aromatic carbocycles. The van der Waals surface area contributed by atoms with E-state index in [0.717, 1.165) is 10.5 Å². The van der Waals surface area contributed by atoms with Gasteiger partial charge in [-0.2, -0.15) is 0 Å². The molecule has 0 spiro atoms. The molecule has 166 valence electrons. The number of carbonyl (C=O) groups excluding carboxylic acids is 4. The van der Waals surface area contributed by atoms with Gasteiger partial charge in [-0.1, -0.05) is 29.8 Å². The average molecular weight is 435 g/mol. The van der Waals surface area contributed by atoms with E-state index in [4.69, 9.17) is 4.74 Å². The van der Waals surface area contributed by atoms with Gasteiger partial charge >= 0.3 is 0 Å². The van der Waals surface area contributed by atoms with E-state index in [0.29, 0.717) is 49.5 Å². The van der Waals surface area contributed by atoms with Crippen molar-refractivity contribution in [1.29, 1.82) is 0 Å². The average Bonchev–Trinajstić information content (AvgIpc) is 2.97. The molecule has 4 rings (SSSR count). The van der Waals surface area contributed by atoms with E-state index in [1.165, 1.54) is 0 Å². The first-order valence-electron chi connectivity index (χ1n) is 10.6. The van der Waals surface area contributed by atoms with Crippen LogP contribution < -0.4 is 4.74 Å². The molecule has 2 aromatic rings. The van der Waals surface area contributed by atoms with Crippen LogP contribution in [0, 0.1) is 6.92 Å². The van der Waals surface area contributed by atoms with Gasteiger partial charge in [-0.05, 0) is 37.6 Å². The number of hydrogen-bond donors (Lipinski definition) is 0. The van der Waals surface area contributed by atoms with Crippen molar-refractivity contribution in [3.8, 4) is 5.75 Å². The third-order valence-electron chi connectivity index (χ3n) is 5.76. The summed E-state index contributed by atoms with van der Waals surface area (Å²) in [6, 6.07) is 14.1. The molecule has 0 bridgehead atoms. The maximum Gasteiger partial charge on any atom is 0.262 e. The first-order chi connectivity index (χ1) is 15.4. The van der Waals surface area contributed by atoms with Crippen molar-refractivity contribution in [2.75, 3.05) is 39.3 Å².